The van der Waals surface area contributed by atoms with Crippen LogP contribution >= 0.6 is 11.8 Å². The number of hydrogen-bond donors (Lipinski definition) is 0. The molecule has 0 aliphatic rings. The molecule has 0 unspecified atom stereocenters. The number of hydrogen-bond acceptors (Lipinski definition) is 2. The number of rotatable bonds is 3. The topological polar surface area (TPSA) is 17.1 Å². The van der Waals surface area contributed by atoms with Crippen molar-refractivity contribution in [2.75, 3.05) is 6.26 Å². The molecule has 0 aliphatic heterocycles. The van der Waals surface area contributed by atoms with Crippen LogP contribution in [0.1, 0.15) is 19.4 Å². The molecular weight excluding hydrogens is 180 g/mol. The van der Waals surface area contributed by atoms with Crippen LogP contribution in [0.4, 0.5) is 0 Å². The van der Waals surface area contributed by atoms with Crippen molar-refractivity contribution in [2.45, 2.75) is 25.2 Å². The Kier molecular flexibility index (Phi) is 7.41. The first-order valence-electron chi connectivity index (χ1n) is 4.43. The van der Waals surface area contributed by atoms with Crippen LogP contribution < -0.4 is 0 Å². The van der Waals surface area contributed by atoms with Crippen LogP contribution in [0.3, 0.4) is 0 Å². The van der Waals surface area contributed by atoms with Gasteiger partial charge in [0.25, 0.3) is 0 Å². The van der Waals surface area contributed by atoms with E-state index in [2.05, 4.69) is 0 Å². The molecule has 0 amide bonds. The molecule has 2 heteroatoms. The largest absolute Gasteiger partial charge is 0.303 e. The van der Waals surface area contributed by atoms with E-state index < -0.39 is 0 Å². The van der Waals surface area contributed by atoms with Crippen molar-refractivity contribution in [3.05, 3.63) is 29.8 Å². The number of carbonyl (C=O) groups excluding carboxylic acids is 1. The molecule has 0 heterocycles. The maximum atomic E-state index is 10.1. The zero-order valence-electron chi connectivity index (χ0n) is 8.41. The van der Waals surface area contributed by atoms with Gasteiger partial charge in [0.1, 0.15) is 6.29 Å². The Morgan fingerprint density at radius 2 is 1.77 bits per heavy atom. The molecule has 0 atom stereocenters. The quantitative estimate of drug-likeness (QED) is 0.545. The summed E-state index contributed by atoms with van der Waals surface area (Å²) in [5.41, 5.74) is 1.08. The zero-order chi connectivity index (χ0) is 10.1. The van der Waals surface area contributed by atoms with Gasteiger partial charge in [-0.05, 0) is 24.0 Å². The van der Waals surface area contributed by atoms with E-state index in [1.54, 1.807) is 11.8 Å². The molecule has 1 aromatic rings. The maximum Gasteiger partial charge on any atom is 0.124 e. The fraction of sp³-hybridized carbons (Fsp3) is 0.364. The lowest BCUT2D eigenvalue weighted by atomic mass is 10.2. The van der Waals surface area contributed by atoms with Crippen LogP contribution in [0.2, 0.25) is 0 Å². The molecule has 1 rings (SSSR count). The van der Waals surface area contributed by atoms with E-state index in [9.17, 15) is 4.79 Å². The highest BCUT2D eigenvalue weighted by Gasteiger charge is 1.91. The highest BCUT2D eigenvalue weighted by molar-refractivity contribution is 7.98. The highest BCUT2D eigenvalue weighted by Crippen LogP contribution is 2.14. The number of aldehydes is 1. The van der Waals surface area contributed by atoms with Crippen LogP contribution in [0.25, 0.3) is 0 Å². The zero-order valence-corrected chi connectivity index (χ0v) is 9.23. The molecule has 0 bridgehead atoms. The van der Waals surface area contributed by atoms with Crippen LogP contribution in [-0.4, -0.2) is 12.5 Å². The summed E-state index contributed by atoms with van der Waals surface area (Å²) < 4.78 is 0. The number of thioether (sulfide) groups is 1. The van der Waals surface area contributed by atoms with Gasteiger partial charge in [0, 0.05) is 11.3 Å². The van der Waals surface area contributed by atoms with Crippen molar-refractivity contribution >= 4 is 18.0 Å². The lowest BCUT2D eigenvalue weighted by Gasteiger charge is -1.96. The van der Waals surface area contributed by atoms with Gasteiger partial charge in [-0.2, -0.15) is 0 Å². The van der Waals surface area contributed by atoms with E-state index in [1.807, 2.05) is 44.4 Å². The van der Waals surface area contributed by atoms with Crippen molar-refractivity contribution in [1.29, 1.82) is 0 Å². The van der Waals surface area contributed by atoms with Gasteiger partial charge >= 0.3 is 0 Å². The summed E-state index contributed by atoms with van der Waals surface area (Å²) in [5, 5.41) is 0. The molecule has 0 N–H and O–H groups in total. The predicted molar refractivity (Wildman–Crippen MR) is 59.3 cm³/mol. The third-order valence-electron chi connectivity index (χ3n) is 1.48. The van der Waals surface area contributed by atoms with Crippen LogP contribution in [0.15, 0.2) is 29.2 Å². The van der Waals surface area contributed by atoms with Crippen LogP contribution in [0, 0.1) is 0 Å². The van der Waals surface area contributed by atoms with Gasteiger partial charge in [-0.1, -0.05) is 26.0 Å². The van der Waals surface area contributed by atoms with Gasteiger partial charge in [0.2, 0.25) is 0 Å². The molecule has 13 heavy (non-hydrogen) atoms. The first kappa shape index (κ1) is 12.2. The SMILES string of the molecule is CC.CSc1ccc(CC=O)cc1. The van der Waals surface area contributed by atoms with E-state index in [0.717, 1.165) is 11.8 Å². The van der Waals surface area contributed by atoms with Gasteiger partial charge in [-0.15, -0.1) is 11.8 Å². The predicted octanol–water partition coefficient (Wildman–Crippen LogP) is 3.18. The minimum absolute atomic E-state index is 0.522. The Morgan fingerprint density at radius 1 is 1.23 bits per heavy atom. The fourth-order valence-electron chi connectivity index (χ4n) is 0.858. The van der Waals surface area contributed by atoms with E-state index in [-0.39, 0.29) is 0 Å². The molecule has 0 radical (unpaired) electrons. The monoisotopic (exact) mass is 196 g/mol. The smallest absolute Gasteiger partial charge is 0.124 e. The maximum absolute atomic E-state index is 10.1. The molecule has 0 aromatic heterocycles. The molecule has 1 aromatic carbocycles. The first-order valence-corrected chi connectivity index (χ1v) is 5.66. The van der Waals surface area contributed by atoms with Crippen LogP contribution in [-0.2, 0) is 11.2 Å². The summed E-state index contributed by atoms with van der Waals surface area (Å²) in [5.74, 6) is 0. The minimum atomic E-state index is 0.522. The Labute approximate surface area is 84.5 Å². The van der Waals surface area contributed by atoms with Crippen molar-refractivity contribution in [1.82, 2.24) is 0 Å². The minimum Gasteiger partial charge on any atom is -0.303 e. The summed E-state index contributed by atoms with van der Waals surface area (Å²) in [7, 11) is 0. The Morgan fingerprint density at radius 3 is 2.15 bits per heavy atom. The van der Waals surface area contributed by atoms with Gasteiger partial charge in [-0.3, -0.25) is 0 Å². The molecule has 0 aliphatic carbocycles. The van der Waals surface area contributed by atoms with Crippen LogP contribution in [0.5, 0.6) is 0 Å². The average molecular weight is 196 g/mol. The average Bonchev–Trinajstić information content (AvgIpc) is 2.23. The van der Waals surface area contributed by atoms with Gasteiger partial charge < -0.3 is 4.79 Å². The summed E-state index contributed by atoms with van der Waals surface area (Å²) in [6.45, 7) is 4.00. The second kappa shape index (κ2) is 7.87. The molecule has 72 valence electrons. The number of benzene rings is 1. The summed E-state index contributed by atoms with van der Waals surface area (Å²) >= 11 is 1.71. The summed E-state index contributed by atoms with van der Waals surface area (Å²) in [4.78, 5) is 11.4. The Hall–Kier alpha value is -0.760. The molecule has 0 saturated heterocycles. The van der Waals surface area contributed by atoms with Crippen molar-refractivity contribution in [3.8, 4) is 0 Å². The second-order valence-electron chi connectivity index (χ2n) is 2.22. The van der Waals surface area contributed by atoms with Crippen molar-refractivity contribution in [2.24, 2.45) is 0 Å². The molecule has 0 fully saturated rings. The van der Waals surface area contributed by atoms with E-state index in [4.69, 9.17) is 0 Å². The van der Waals surface area contributed by atoms with E-state index in [1.165, 1.54) is 4.90 Å². The third kappa shape index (κ3) is 4.73. The normalized spacial score (nSPS) is 8.54. The Balaban J connectivity index is 0.000000671. The standard InChI is InChI=1S/C9H10OS.C2H6/c1-11-9-4-2-8(3-5-9)6-7-10;1-2/h2-5,7H,6H2,1H3;1-2H3. The Bertz CT molecular complexity index is 228. The highest BCUT2D eigenvalue weighted by atomic mass is 32.2. The lowest BCUT2D eigenvalue weighted by molar-refractivity contribution is -0.107. The third-order valence-corrected chi connectivity index (χ3v) is 2.22. The first-order chi connectivity index (χ1) is 6.36. The molecule has 0 saturated carbocycles. The fourth-order valence-corrected chi connectivity index (χ4v) is 1.27. The second-order valence-corrected chi connectivity index (χ2v) is 3.10. The molecule has 0 spiro atoms. The lowest BCUT2D eigenvalue weighted by Crippen LogP contribution is -1.83. The van der Waals surface area contributed by atoms with Gasteiger partial charge in [0.15, 0.2) is 0 Å². The van der Waals surface area contributed by atoms with E-state index >= 15 is 0 Å². The van der Waals surface area contributed by atoms with Crippen molar-refractivity contribution in [3.63, 3.8) is 0 Å². The number of carbonyl (C=O) groups is 1. The molecular formula is C11H16OS. The van der Waals surface area contributed by atoms with Gasteiger partial charge in [0.05, 0.1) is 0 Å². The van der Waals surface area contributed by atoms with Gasteiger partial charge in [-0.25, -0.2) is 0 Å². The summed E-state index contributed by atoms with van der Waals surface area (Å²) in [6.07, 6.45) is 3.48. The molecule has 1 nitrogen and oxygen atoms in total. The summed E-state index contributed by atoms with van der Waals surface area (Å²) in [6, 6.07) is 8.04. The van der Waals surface area contributed by atoms with Crippen molar-refractivity contribution < 1.29 is 4.79 Å². The van der Waals surface area contributed by atoms with E-state index in [0.29, 0.717) is 6.42 Å².